The molecule has 1 saturated carbocycles. The van der Waals surface area contributed by atoms with Crippen molar-refractivity contribution in [2.45, 2.75) is 45.1 Å². The van der Waals surface area contributed by atoms with E-state index in [0.29, 0.717) is 11.7 Å². The first-order chi connectivity index (χ1) is 12.6. The molecule has 4 nitrogen and oxygen atoms in total. The molecule has 1 aromatic carbocycles. The summed E-state index contributed by atoms with van der Waals surface area (Å²) in [6, 6.07) is 5.47. The zero-order chi connectivity index (χ0) is 18.3. The van der Waals surface area contributed by atoms with Crippen molar-refractivity contribution in [3.8, 4) is 0 Å². The third kappa shape index (κ3) is 3.02. The van der Waals surface area contributed by atoms with Gasteiger partial charge in [-0.1, -0.05) is 12.8 Å². The Bertz CT molecular complexity index is 822. The van der Waals surface area contributed by atoms with E-state index in [1.165, 1.54) is 37.8 Å². The zero-order valence-corrected chi connectivity index (χ0v) is 15.8. The highest BCUT2D eigenvalue weighted by atomic mass is 19.1. The van der Waals surface area contributed by atoms with E-state index in [9.17, 15) is 9.18 Å². The van der Waals surface area contributed by atoms with E-state index in [4.69, 9.17) is 0 Å². The highest BCUT2D eigenvalue weighted by Gasteiger charge is 2.28. The summed E-state index contributed by atoms with van der Waals surface area (Å²) in [5, 5.41) is 0.832. The summed E-state index contributed by atoms with van der Waals surface area (Å²) >= 11 is 0. The molecule has 2 aromatic rings. The van der Waals surface area contributed by atoms with Crippen molar-refractivity contribution in [1.82, 2.24) is 14.4 Å². The van der Waals surface area contributed by atoms with Crippen molar-refractivity contribution in [2.24, 2.45) is 7.05 Å². The minimum atomic E-state index is -0.257. The number of amides is 1. The van der Waals surface area contributed by atoms with Gasteiger partial charge in [0.1, 0.15) is 11.5 Å². The van der Waals surface area contributed by atoms with Crippen LogP contribution >= 0.6 is 0 Å². The number of aromatic nitrogens is 1. The van der Waals surface area contributed by atoms with Crippen LogP contribution in [0.2, 0.25) is 0 Å². The second-order valence-corrected chi connectivity index (χ2v) is 7.81. The van der Waals surface area contributed by atoms with E-state index in [2.05, 4.69) is 4.90 Å². The number of hydrogen-bond donors (Lipinski definition) is 0. The van der Waals surface area contributed by atoms with E-state index in [0.717, 1.165) is 49.1 Å². The van der Waals surface area contributed by atoms with E-state index in [-0.39, 0.29) is 11.7 Å². The molecule has 0 N–H and O–H groups in total. The lowest BCUT2D eigenvalue weighted by Gasteiger charge is -2.27. The normalized spacial score (nSPS) is 20.0. The molecule has 0 unspecified atom stereocenters. The van der Waals surface area contributed by atoms with Crippen LogP contribution in [-0.4, -0.2) is 52.5 Å². The van der Waals surface area contributed by atoms with E-state index in [1.807, 2.05) is 23.4 Å². The average Bonchev–Trinajstić information content (AvgIpc) is 3.15. The minimum Gasteiger partial charge on any atom is -0.339 e. The highest BCUT2D eigenvalue weighted by molar-refractivity contribution is 6.01. The molecule has 1 amide bonds. The Morgan fingerprint density at radius 2 is 1.85 bits per heavy atom. The second kappa shape index (κ2) is 7.03. The van der Waals surface area contributed by atoms with Crippen LogP contribution in [-0.2, 0) is 7.05 Å². The monoisotopic (exact) mass is 357 g/mol. The van der Waals surface area contributed by atoms with Gasteiger partial charge in [0.25, 0.3) is 5.91 Å². The van der Waals surface area contributed by atoms with Crippen molar-refractivity contribution in [2.75, 3.05) is 26.2 Å². The predicted octanol–water partition coefficient (Wildman–Crippen LogP) is 3.72. The molecule has 0 radical (unpaired) electrons. The summed E-state index contributed by atoms with van der Waals surface area (Å²) in [5.74, 6) is -0.179. The van der Waals surface area contributed by atoms with Gasteiger partial charge in [-0.3, -0.25) is 9.69 Å². The first-order valence-corrected chi connectivity index (χ1v) is 9.84. The van der Waals surface area contributed by atoms with Crippen molar-refractivity contribution >= 4 is 16.8 Å². The van der Waals surface area contributed by atoms with E-state index < -0.39 is 0 Å². The highest BCUT2D eigenvalue weighted by Crippen LogP contribution is 2.28. The van der Waals surface area contributed by atoms with Gasteiger partial charge < -0.3 is 9.47 Å². The van der Waals surface area contributed by atoms with Gasteiger partial charge in [-0.2, -0.15) is 0 Å². The Labute approximate surface area is 154 Å². The van der Waals surface area contributed by atoms with Crippen LogP contribution in [0.3, 0.4) is 0 Å². The SMILES string of the molecule is Cc1c(C(=O)N2CCCN(C3CCCC3)CC2)n(C)c2ccc(F)cc12. The molecule has 2 aliphatic rings. The first-order valence-electron chi connectivity index (χ1n) is 9.84. The van der Waals surface area contributed by atoms with Gasteiger partial charge in [0.2, 0.25) is 0 Å². The Hall–Kier alpha value is -1.88. The number of carbonyl (C=O) groups excluding carboxylic acids is 1. The number of halogens is 1. The smallest absolute Gasteiger partial charge is 0.270 e. The minimum absolute atomic E-state index is 0.0786. The molecule has 0 atom stereocenters. The predicted molar refractivity (Wildman–Crippen MR) is 102 cm³/mol. The lowest BCUT2D eigenvalue weighted by molar-refractivity contribution is 0.0748. The molecule has 26 heavy (non-hydrogen) atoms. The van der Waals surface area contributed by atoms with Gasteiger partial charge in [-0.05, 0) is 49.9 Å². The molecule has 1 saturated heterocycles. The summed E-state index contributed by atoms with van der Waals surface area (Å²) in [6.07, 6.45) is 6.33. The number of carbonyl (C=O) groups is 1. The van der Waals surface area contributed by atoms with Crippen LogP contribution in [0, 0.1) is 12.7 Å². The fourth-order valence-electron chi connectivity index (χ4n) is 4.83. The van der Waals surface area contributed by atoms with Gasteiger partial charge in [-0.15, -0.1) is 0 Å². The maximum absolute atomic E-state index is 13.6. The number of fused-ring (bicyclic) bond motifs is 1. The summed E-state index contributed by atoms with van der Waals surface area (Å²) in [6.45, 7) is 5.57. The molecule has 1 aliphatic heterocycles. The van der Waals surface area contributed by atoms with Crippen LogP contribution in [0.1, 0.15) is 48.2 Å². The van der Waals surface area contributed by atoms with Crippen LogP contribution in [0.5, 0.6) is 0 Å². The fourth-order valence-corrected chi connectivity index (χ4v) is 4.83. The van der Waals surface area contributed by atoms with Gasteiger partial charge in [0, 0.05) is 50.2 Å². The van der Waals surface area contributed by atoms with Crippen LogP contribution in [0.25, 0.3) is 10.9 Å². The molecule has 1 aromatic heterocycles. The molecule has 2 fully saturated rings. The van der Waals surface area contributed by atoms with Crippen molar-refractivity contribution in [3.63, 3.8) is 0 Å². The Balaban J connectivity index is 1.57. The van der Waals surface area contributed by atoms with Gasteiger partial charge in [0.15, 0.2) is 0 Å². The van der Waals surface area contributed by atoms with Crippen LogP contribution in [0.15, 0.2) is 18.2 Å². The number of aryl methyl sites for hydroxylation is 2. The number of rotatable bonds is 2. The summed E-state index contributed by atoms with van der Waals surface area (Å²) in [7, 11) is 1.91. The quantitative estimate of drug-likeness (QED) is 0.820. The Morgan fingerprint density at radius 1 is 1.08 bits per heavy atom. The number of hydrogen-bond acceptors (Lipinski definition) is 2. The van der Waals surface area contributed by atoms with E-state index in [1.54, 1.807) is 6.07 Å². The van der Waals surface area contributed by atoms with Crippen molar-refractivity contribution in [3.05, 3.63) is 35.3 Å². The maximum atomic E-state index is 13.6. The molecular formula is C21H28FN3O. The number of nitrogens with zero attached hydrogens (tertiary/aromatic N) is 3. The Kier molecular flexibility index (Phi) is 4.74. The molecule has 140 valence electrons. The first kappa shape index (κ1) is 17.5. The lowest BCUT2D eigenvalue weighted by atomic mass is 10.1. The number of benzene rings is 1. The van der Waals surface area contributed by atoms with Crippen molar-refractivity contribution in [1.29, 1.82) is 0 Å². The molecule has 1 aliphatic carbocycles. The zero-order valence-electron chi connectivity index (χ0n) is 15.8. The van der Waals surface area contributed by atoms with Gasteiger partial charge in [0.05, 0.1) is 0 Å². The fraction of sp³-hybridized carbons (Fsp3) is 0.571. The summed E-state index contributed by atoms with van der Waals surface area (Å²) < 4.78 is 15.6. The maximum Gasteiger partial charge on any atom is 0.270 e. The molecule has 0 spiro atoms. The van der Waals surface area contributed by atoms with Crippen molar-refractivity contribution < 1.29 is 9.18 Å². The molecule has 5 heteroatoms. The van der Waals surface area contributed by atoms with Gasteiger partial charge in [-0.25, -0.2) is 4.39 Å². The topological polar surface area (TPSA) is 28.5 Å². The summed E-state index contributed by atoms with van der Waals surface area (Å²) in [4.78, 5) is 17.8. The second-order valence-electron chi connectivity index (χ2n) is 7.81. The largest absolute Gasteiger partial charge is 0.339 e. The summed E-state index contributed by atoms with van der Waals surface area (Å²) in [5.41, 5.74) is 2.48. The molecular weight excluding hydrogens is 329 g/mol. The molecule has 0 bridgehead atoms. The van der Waals surface area contributed by atoms with Crippen LogP contribution in [0.4, 0.5) is 4.39 Å². The van der Waals surface area contributed by atoms with E-state index >= 15 is 0 Å². The standard InChI is InChI=1S/C21H28FN3O/c1-15-18-14-16(22)8-9-19(18)23(2)20(15)21(26)25-11-5-10-24(12-13-25)17-6-3-4-7-17/h8-9,14,17H,3-7,10-13H2,1-2H3. The third-order valence-corrected chi connectivity index (χ3v) is 6.28. The van der Waals surface area contributed by atoms with Gasteiger partial charge >= 0.3 is 0 Å². The average molecular weight is 357 g/mol. The molecule has 4 rings (SSSR count). The Morgan fingerprint density at radius 3 is 2.62 bits per heavy atom. The third-order valence-electron chi connectivity index (χ3n) is 6.28. The lowest BCUT2D eigenvalue weighted by Crippen LogP contribution is -2.39. The van der Waals surface area contributed by atoms with Crippen LogP contribution < -0.4 is 0 Å². The molecule has 2 heterocycles.